The van der Waals surface area contributed by atoms with Gasteiger partial charge in [0.25, 0.3) is 0 Å². The zero-order chi connectivity index (χ0) is 17.0. The van der Waals surface area contributed by atoms with E-state index in [-0.39, 0.29) is 0 Å². The summed E-state index contributed by atoms with van der Waals surface area (Å²) in [4.78, 5) is 1.43. The molecule has 0 atom stereocenters. The van der Waals surface area contributed by atoms with Gasteiger partial charge in [-0.3, -0.25) is 0 Å². The van der Waals surface area contributed by atoms with E-state index in [1.54, 1.807) is 0 Å². The van der Waals surface area contributed by atoms with Gasteiger partial charge in [-0.1, -0.05) is 0 Å². The van der Waals surface area contributed by atoms with Crippen LogP contribution in [0, 0.1) is 0 Å². The molecular weight excluding hydrogens is 441 g/mol. The van der Waals surface area contributed by atoms with Gasteiger partial charge in [0.05, 0.1) is 0 Å². The summed E-state index contributed by atoms with van der Waals surface area (Å²) in [5.41, 5.74) is 0. The van der Waals surface area contributed by atoms with E-state index in [1.807, 2.05) is 0 Å². The molecule has 1 aromatic carbocycles. The maximum absolute atomic E-state index is 2.47. The van der Waals surface area contributed by atoms with Crippen molar-refractivity contribution in [3.8, 4) is 0 Å². The van der Waals surface area contributed by atoms with Gasteiger partial charge >= 0.3 is 167 Å². The van der Waals surface area contributed by atoms with Crippen LogP contribution >= 0.6 is 40.3 Å². The van der Waals surface area contributed by atoms with E-state index in [9.17, 15) is 0 Å². The van der Waals surface area contributed by atoms with E-state index in [1.165, 1.54) is 4.90 Å². The van der Waals surface area contributed by atoms with Gasteiger partial charge in [-0.25, -0.2) is 0 Å². The first-order valence-corrected chi connectivity index (χ1v) is 22.0. The second-order valence-electron chi connectivity index (χ2n) is 5.78. The second kappa shape index (κ2) is 8.61. The minimum atomic E-state index is -2.47. The van der Waals surface area contributed by atoms with Gasteiger partial charge in [-0.2, -0.15) is 0 Å². The Morgan fingerprint density at radius 3 is 1.48 bits per heavy atom. The molecule has 0 saturated heterocycles. The van der Waals surface area contributed by atoms with Crippen molar-refractivity contribution in [3.63, 3.8) is 0 Å². The van der Waals surface area contributed by atoms with Gasteiger partial charge in [0.1, 0.15) is 0 Å². The summed E-state index contributed by atoms with van der Waals surface area (Å²) >= 11 is 0. The van der Waals surface area contributed by atoms with E-state index < -0.39 is 8.70 Å². The van der Waals surface area contributed by atoms with Gasteiger partial charge in [0.15, 0.2) is 0 Å². The molecule has 4 rings (SSSR count). The van der Waals surface area contributed by atoms with Crippen LogP contribution < -0.4 is 0 Å². The van der Waals surface area contributed by atoms with Crippen molar-refractivity contribution >= 4 is 49.0 Å². The first-order valence-electron chi connectivity index (χ1n) is 8.31. The molecule has 128 valence electrons. The van der Waals surface area contributed by atoms with Crippen molar-refractivity contribution < 1.29 is 0 Å². The Morgan fingerprint density at radius 1 is 0.680 bits per heavy atom. The van der Waals surface area contributed by atoms with Crippen LogP contribution in [-0.2, 0) is 0 Å². The standard InChI is InChI=1S/C20H19GeS4/c1-2-10-17(9-1)22-21(23-18-11-3-4-12-18,24-19-13-5-6-14-19)25-20-15-7-8-16-20/h1-19H/q-1. The third kappa shape index (κ3) is 4.92. The fourth-order valence-electron chi connectivity index (χ4n) is 2.69. The number of rotatable bonds is 8. The molecule has 0 aliphatic heterocycles. The summed E-state index contributed by atoms with van der Waals surface area (Å²) in [6.07, 6.45) is 27.2. The molecule has 0 radical (unpaired) electrons. The van der Waals surface area contributed by atoms with Crippen molar-refractivity contribution in [2.24, 2.45) is 0 Å². The number of allylic oxidation sites excluding steroid dienone is 6. The van der Waals surface area contributed by atoms with Crippen LogP contribution in [0.1, 0.15) is 0 Å². The van der Waals surface area contributed by atoms with Crippen molar-refractivity contribution in [2.75, 3.05) is 0 Å². The molecule has 3 aliphatic rings. The van der Waals surface area contributed by atoms with E-state index >= 15 is 0 Å². The van der Waals surface area contributed by atoms with Crippen LogP contribution in [0.2, 0.25) is 0 Å². The number of hydrogen-bond donors (Lipinski definition) is 0. The Labute approximate surface area is 165 Å². The monoisotopic (exact) mass is 461 g/mol. The van der Waals surface area contributed by atoms with Gasteiger partial charge in [0.2, 0.25) is 0 Å². The van der Waals surface area contributed by atoms with E-state index in [0.29, 0.717) is 15.7 Å². The summed E-state index contributed by atoms with van der Waals surface area (Å²) in [5.74, 6) is 0. The van der Waals surface area contributed by atoms with Crippen molar-refractivity contribution in [1.29, 1.82) is 0 Å². The van der Waals surface area contributed by atoms with Gasteiger partial charge in [-0.05, 0) is 0 Å². The summed E-state index contributed by atoms with van der Waals surface area (Å²) < 4.78 is 0. The Morgan fingerprint density at radius 2 is 1.12 bits per heavy atom. The van der Waals surface area contributed by atoms with Crippen molar-refractivity contribution in [2.45, 2.75) is 20.6 Å². The molecule has 0 bridgehead atoms. The molecule has 25 heavy (non-hydrogen) atoms. The van der Waals surface area contributed by atoms with Crippen LogP contribution in [0.3, 0.4) is 0 Å². The molecule has 0 spiro atoms. The topological polar surface area (TPSA) is 0 Å². The SMILES string of the molecule is C1=CC([S][Ge]([S]c2cc[cH-]c2)([S]C2C=CC=C2)[S]C2C=CC=C2)C=C1. The first-order chi connectivity index (χ1) is 12.3. The quantitative estimate of drug-likeness (QED) is 0.316. The average molecular weight is 460 g/mol. The Bertz CT molecular complexity index is 645. The molecular formula is C20H19GeS4-. The van der Waals surface area contributed by atoms with Gasteiger partial charge < -0.3 is 0 Å². The third-order valence-electron chi connectivity index (χ3n) is 3.85. The van der Waals surface area contributed by atoms with Crippen molar-refractivity contribution in [3.05, 3.63) is 97.2 Å². The molecule has 3 aliphatic carbocycles. The predicted molar refractivity (Wildman–Crippen MR) is 123 cm³/mol. The summed E-state index contributed by atoms with van der Waals surface area (Å²) in [5, 5.41) is 1.56. The normalized spacial score (nSPS) is 20.0. The van der Waals surface area contributed by atoms with Crippen LogP contribution in [0.15, 0.2) is 102 Å². The fraction of sp³-hybridized carbons (Fsp3) is 0.150. The summed E-state index contributed by atoms with van der Waals surface area (Å²) in [7, 11) is 6.42. The minimum absolute atomic E-state index is 0.520. The van der Waals surface area contributed by atoms with Gasteiger partial charge in [-0.15, -0.1) is 0 Å². The molecule has 0 N–H and O–H groups in total. The van der Waals surface area contributed by atoms with E-state index in [0.717, 1.165) is 0 Å². The molecule has 5 heteroatoms. The molecule has 0 fully saturated rings. The molecule has 0 unspecified atom stereocenters. The fourth-order valence-corrected chi connectivity index (χ4v) is 44.4. The van der Waals surface area contributed by atoms with Crippen LogP contribution in [0.5, 0.6) is 0 Å². The molecule has 0 saturated carbocycles. The molecule has 0 amide bonds. The molecule has 0 nitrogen and oxygen atoms in total. The van der Waals surface area contributed by atoms with Crippen LogP contribution in [0.25, 0.3) is 0 Å². The van der Waals surface area contributed by atoms with E-state index in [4.69, 9.17) is 0 Å². The summed E-state index contributed by atoms with van der Waals surface area (Å²) in [6, 6.07) is 8.87. The first kappa shape index (κ1) is 18.1. The number of hydrogen-bond acceptors (Lipinski definition) is 4. The van der Waals surface area contributed by atoms with Crippen LogP contribution in [-0.4, -0.2) is 24.4 Å². The van der Waals surface area contributed by atoms with E-state index in [2.05, 4.69) is 138 Å². The van der Waals surface area contributed by atoms with Crippen LogP contribution in [0.4, 0.5) is 0 Å². The summed E-state index contributed by atoms with van der Waals surface area (Å²) in [6.45, 7) is 0. The predicted octanol–water partition coefficient (Wildman–Crippen LogP) is 6.62. The second-order valence-corrected chi connectivity index (χ2v) is 37.4. The van der Waals surface area contributed by atoms with Gasteiger partial charge in [0, 0.05) is 0 Å². The Balaban J connectivity index is 1.62. The zero-order valence-electron chi connectivity index (χ0n) is 13.6. The molecule has 0 heterocycles. The molecule has 0 aromatic heterocycles. The zero-order valence-corrected chi connectivity index (χ0v) is 19.0. The maximum atomic E-state index is 2.35. The Hall–Kier alpha value is -0.267. The molecule has 1 aromatic rings. The average Bonchev–Trinajstić information content (AvgIpc) is 3.37. The Kier molecular flexibility index (Phi) is 6.24. The third-order valence-corrected chi connectivity index (χ3v) is 38.3. The van der Waals surface area contributed by atoms with Crippen molar-refractivity contribution in [1.82, 2.24) is 0 Å².